The van der Waals surface area contributed by atoms with Crippen molar-refractivity contribution in [3.05, 3.63) is 41.9 Å². The average molecular weight is 288 g/mol. The summed E-state index contributed by atoms with van der Waals surface area (Å²) in [6.07, 6.45) is 3.08. The van der Waals surface area contributed by atoms with Crippen LogP contribution in [0.1, 0.15) is 18.2 Å². The molecule has 0 atom stereocenters. The molecule has 0 unspecified atom stereocenters. The summed E-state index contributed by atoms with van der Waals surface area (Å²) in [7, 11) is -1.59. The molecule has 0 aromatic carbocycles. The summed E-state index contributed by atoms with van der Waals surface area (Å²) in [5.41, 5.74) is 2.10. The van der Waals surface area contributed by atoms with Gasteiger partial charge in [-0.15, -0.1) is 0 Å². The zero-order chi connectivity index (χ0) is 15.2. The fourth-order valence-corrected chi connectivity index (χ4v) is 1.69. The molecular formula is C14H17BN2O4. The van der Waals surface area contributed by atoms with Crippen molar-refractivity contribution in [2.24, 2.45) is 0 Å². The summed E-state index contributed by atoms with van der Waals surface area (Å²) < 4.78 is 11.0. The first-order valence-corrected chi connectivity index (χ1v) is 6.63. The summed E-state index contributed by atoms with van der Waals surface area (Å²) in [5, 5.41) is 18.3. The van der Waals surface area contributed by atoms with Gasteiger partial charge in [0.1, 0.15) is 6.61 Å². The Morgan fingerprint density at radius 3 is 2.57 bits per heavy atom. The Morgan fingerprint density at radius 2 is 1.95 bits per heavy atom. The highest BCUT2D eigenvalue weighted by molar-refractivity contribution is 6.58. The molecule has 2 aromatic rings. The van der Waals surface area contributed by atoms with E-state index in [1.807, 2.05) is 26.0 Å². The largest absolute Gasteiger partial charge is 0.490 e. The number of pyridine rings is 2. The van der Waals surface area contributed by atoms with Gasteiger partial charge in [-0.3, -0.25) is 4.98 Å². The normalized spacial score (nSPS) is 10.3. The number of rotatable bonds is 6. The molecule has 21 heavy (non-hydrogen) atoms. The average Bonchev–Trinajstić information content (AvgIpc) is 2.47. The molecule has 6 nitrogen and oxygen atoms in total. The molecule has 0 fully saturated rings. The minimum Gasteiger partial charge on any atom is -0.488 e. The summed E-state index contributed by atoms with van der Waals surface area (Å²) >= 11 is 0. The van der Waals surface area contributed by atoms with Gasteiger partial charge in [-0.2, -0.15) is 0 Å². The van der Waals surface area contributed by atoms with Gasteiger partial charge in [0.25, 0.3) is 5.88 Å². The Morgan fingerprint density at radius 1 is 1.14 bits per heavy atom. The Kier molecular flexibility index (Phi) is 5.13. The fourth-order valence-electron chi connectivity index (χ4n) is 1.69. The summed E-state index contributed by atoms with van der Waals surface area (Å²) in [6.45, 7) is 4.48. The van der Waals surface area contributed by atoms with Crippen LogP contribution in [0.5, 0.6) is 11.6 Å². The van der Waals surface area contributed by atoms with E-state index in [9.17, 15) is 0 Å². The lowest BCUT2D eigenvalue weighted by Gasteiger charge is -2.12. The van der Waals surface area contributed by atoms with Crippen molar-refractivity contribution in [1.82, 2.24) is 9.97 Å². The third-order valence-corrected chi connectivity index (χ3v) is 2.79. The number of aryl methyl sites for hydroxylation is 1. The van der Waals surface area contributed by atoms with E-state index in [0.717, 1.165) is 11.3 Å². The molecule has 0 aliphatic rings. The van der Waals surface area contributed by atoms with Crippen LogP contribution >= 0.6 is 0 Å². The molecule has 2 aromatic heterocycles. The maximum atomic E-state index is 9.15. The van der Waals surface area contributed by atoms with Crippen molar-refractivity contribution < 1.29 is 19.5 Å². The zero-order valence-corrected chi connectivity index (χ0v) is 12.0. The van der Waals surface area contributed by atoms with Gasteiger partial charge < -0.3 is 19.5 Å². The molecule has 0 saturated carbocycles. The minimum absolute atomic E-state index is 0.253. The maximum absolute atomic E-state index is 9.15. The van der Waals surface area contributed by atoms with Crippen molar-refractivity contribution in [1.29, 1.82) is 0 Å². The molecule has 0 saturated heterocycles. The standard InChI is InChI=1S/C14H17BN2O4/c1-3-20-13-6-12(15(18)19)8-17-14(13)21-9-11-5-4-10(2)16-7-11/h4-8,18-19H,3,9H2,1-2H3. The summed E-state index contributed by atoms with van der Waals surface area (Å²) in [6, 6.07) is 5.33. The predicted octanol–water partition coefficient (Wildman–Crippen LogP) is 0.443. The number of nitrogens with zero attached hydrogens (tertiary/aromatic N) is 2. The van der Waals surface area contributed by atoms with E-state index >= 15 is 0 Å². The quantitative estimate of drug-likeness (QED) is 0.750. The fraction of sp³-hybridized carbons (Fsp3) is 0.286. The van der Waals surface area contributed by atoms with Crippen LogP contribution in [-0.4, -0.2) is 33.7 Å². The molecule has 0 aliphatic carbocycles. The molecule has 2 heterocycles. The molecular weight excluding hydrogens is 271 g/mol. The Labute approximate surface area is 123 Å². The Bertz CT molecular complexity index is 590. The molecule has 110 valence electrons. The van der Waals surface area contributed by atoms with Crippen LogP contribution < -0.4 is 14.9 Å². The first-order valence-electron chi connectivity index (χ1n) is 6.63. The minimum atomic E-state index is -1.59. The second kappa shape index (κ2) is 7.05. The van der Waals surface area contributed by atoms with Crippen LogP contribution in [0.15, 0.2) is 30.6 Å². The van der Waals surface area contributed by atoms with Gasteiger partial charge in [0.05, 0.1) is 6.61 Å². The van der Waals surface area contributed by atoms with Gasteiger partial charge in [-0.05, 0) is 26.0 Å². The van der Waals surface area contributed by atoms with Crippen LogP contribution in [0.25, 0.3) is 0 Å². The molecule has 0 aliphatic heterocycles. The van der Waals surface area contributed by atoms with Crippen LogP contribution in [0, 0.1) is 6.92 Å². The highest BCUT2D eigenvalue weighted by Gasteiger charge is 2.16. The second-order valence-corrected chi connectivity index (χ2v) is 4.48. The van der Waals surface area contributed by atoms with Gasteiger partial charge >= 0.3 is 7.12 Å². The van der Waals surface area contributed by atoms with Crippen LogP contribution in [0.2, 0.25) is 0 Å². The van der Waals surface area contributed by atoms with E-state index < -0.39 is 7.12 Å². The molecule has 0 amide bonds. The molecule has 7 heteroatoms. The highest BCUT2D eigenvalue weighted by atomic mass is 16.5. The molecule has 0 radical (unpaired) electrons. The first-order chi connectivity index (χ1) is 10.1. The van der Waals surface area contributed by atoms with Crippen molar-refractivity contribution in [2.75, 3.05) is 6.61 Å². The van der Waals surface area contributed by atoms with Gasteiger partial charge in [0.15, 0.2) is 5.75 Å². The van der Waals surface area contributed by atoms with Gasteiger partial charge in [-0.25, -0.2) is 4.98 Å². The van der Waals surface area contributed by atoms with E-state index in [0.29, 0.717) is 24.8 Å². The Hall–Kier alpha value is -2.12. The molecule has 2 rings (SSSR count). The second-order valence-electron chi connectivity index (χ2n) is 4.48. The Balaban J connectivity index is 2.12. The van der Waals surface area contributed by atoms with Crippen LogP contribution in [-0.2, 0) is 6.61 Å². The lowest BCUT2D eigenvalue weighted by molar-refractivity contribution is 0.258. The molecule has 0 bridgehead atoms. The number of hydrogen-bond acceptors (Lipinski definition) is 6. The van der Waals surface area contributed by atoms with E-state index in [-0.39, 0.29) is 5.46 Å². The van der Waals surface area contributed by atoms with Crippen LogP contribution in [0.4, 0.5) is 0 Å². The van der Waals surface area contributed by atoms with E-state index in [1.165, 1.54) is 12.3 Å². The predicted molar refractivity (Wildman–Crippen MR) is 78.5 cm³/mol. The third kappa shape index (κ3) is 4.17. The lowest BCUT2D eigenvalue weighted by atomic mass is 9.82. The van der Waals surface area contributed by atoms with Crippen molar-refractivity contribution >= 4 is 12.6 Å². The van der Waals surface area contributed by atoms with E-state index in [1.54, 1.807) is 6.20 Å². The van der Waals surface area contributed by atoms with Crippen LogP contribution in [0.3, 0.4) is 0 Å². The highest BCUT2D eigenvalue weighted by Crippen LogP contribution is 2.23. The third-order valence-electron chi connectivity index (χ3n) is 2.79. The zero-order valence-electron chi connectivity index (χ0n) is 12.0. The molecule has 2 N–H and O–H groups in total. The SMILES string of the molecule is CCOc1cc(B(O)O)cnc1OCc1ccc(C)nc1. The van der Waals surface area contributed by atoms with Crippen molar-refractivity contribution in [3.8, 4) is 11.6 Å². The van der Waals surface area contributed by atoms with Gasteiger partial charge in [0, 0.05) is 29.1 Å². The topological polar surface area (TPSA) is 84.7 Å². The lowest BCUT2D eigenvalue weighted by Crippen LogP contribution is -2.30. The first kappa shape index (κ1) is 15.3. The van der Waals surface area contributed by atoms with Crippen molar-refractivity contribution in [3.63, 3.8) is 0 Å². The smallest absolute Gasteiger partial charge is 0.488 e. The number of aromatic nitrogens is 2. The summed E-state index contributed by atoms with van der Waals surface area (Å²) in [4.78, 5) is 8.25. The number of ether oxygens (including phenoxy) is 2. The van der Waals surface area contributed by atoms with E-state index in [2.05, 4.69) is 9.97 Å². The van der Waals surface area contributed by atoms with Crippen molar-refractivity contribution in [2.45, 2.75) is 20.5 Å². The number of hydrogen-bond donors (Lipinski definition) is 2. The van der Waals surface area contributed by atoms with Gasteiger partial charge in [-0.1, -0.05) is 6.07 Å². The molecule has 0 spiro atoms. The van der Waals surface area contributed by atoms with E-state index in [4.69, 9.17) is 19.5 Å². The summed E-state index contributed by atoms with van der Waals surface area (Å²) in [5.74, 6) is 0.685. The van der Waals surface area contributed by atoms with Gasteiger partial charge in [0.2, 0.25) is 0 Å². The maximum Gasteiger partial charge on any atom is 0.490 e. The monoisotopic (exact) mass is 288 g/mol.